The number of fused-ring (bicyclic) bond motifs is 1. The summed E-state index contributed by atoms with van der Waals surface area (Å²) < 4.78 is 7.02. The van der Waals surface area contributed by atoms with E-state index in [1.165, 1.54) is 0 Å². The van der Waals surface area contributed by atoms with Crippen molar-refractivity contribution in [3.05, 3.63) is 88.7 Å². The Hall–Kier alpha value is -3.48. The van der Waals surface area contributed by atoms with Crippen molar-refractivity contribution in [1.29, 1.82) is 0 Å². The number of hydrogen-bond acceptors (Lipinski definition) is 4. The van der Waals surface area contributed by atoms with Gasteiger partial charge in [-0.1, -0.05) is 41.4 Å². The van der Waals surface area contributed by atoms with Gasteiger partial charge >= 0.3 is 0 Å². The fourth-order valence-electron chi connectivity index (χ4n) is 4.49. The average Bonchev–Trinajstić information content (AvgIpc) is 3.27. The van der Waals surface area contributed by atoms with Crippen LogP contribution in [0.15, 0.2) is 72.9 Å². The molecule has 178 valence electrons. The number of pyridine rings is 1. The molecule has 0 saturated carbocycles. The number of hydrogen-bond donors (Lipinski definition) is 0. The maximum absolute atomic E-state index is 13.6. The number of piperazine rings is 1. The highest BCUT2D eigenvalue weighted by atomic mass is 35.5. The van der Waals surface area contributed by atoms with Gasteiger partial charge in [0.05, 0.1) is 12.1 Å². The molecule has 0 spiro atoms. The molecule has 1 saturated heterocycles. The Kier molecular flexibility index (Phi) is 6.41. The monoisotopic (exact) mass is 507 g/mol. The highest BCUT2D eigenvalue weighted by Gasteiger charge is 2.31. The van der Waals surface area contributed by atoms with Gasteiger partial charge in [-0.3, -0.25) is 9.59 Å². The van der Waals surface area contributed by atoms with Gasteiger partial charge in [0.1, 0.15) is 11.4 Å². The van der Waals surface area contributed by atoms with Crippen LogP contribution < -0.4 is 9.64 Å². The number of amides is 1. The Bertz CT molecular complexity index is 1420. The van der Waals surface area contributed by atoms with Gasteiger partial charge in [-0.2, -0.15) is 0 Å². The van der Waals surface area contributed by atoms with Crippen molar-refractivity contribution in [1.82, 2.24) is 9.30 Å². The zero-order valence-corrected chi connectivity index (χ0v) is 20.6. The maximum atomic E-state index is 13.6. The average molecular weight is 508 g/mol. The van der Waals surface area contributed by atoms with Crippen molar-refractivity contribution in [2.45, 2.75) is 0 Å². The molecule has 2 aromatic carbocycles. The summed E-state index contributed by atoms with van der Waals surface area (Å²) in [5, 5.41) is 1.10. The number of Topliss-reactive ketones (excluding diaryl/α,β-unsaturated/α-hetero) is 1. The summed E-state index contributed by atoms with van der Waals surface area (Å²) >= 11 is 12.5. The fraction of sp³-hybridized carbons (Fsp3) is 0.185. The van der Waals surface area contributed by atoms with Gasteiger partial charge in [-0.25, -0.2) is 0 Å². The van der Waals surface area contributed by atoms with E-state index in [-0.39, 0.29) is 0 Å². The van der Waals surface area contributed by atoms with Crippen LogP contribution in [0.1, 0.15) is 10.5 Å². The fourth-order valence-corrected chi connectivity index (χ4v) is 4.94. The van der Waals surface area contributed by atoms with E-state index in [1.807, 2.05) is 54.6 Å². The van der Waals surface area contributed by atoms with Crippen molar-refractivity contribution in [2.24, 2.45) is 0 Å². The standard InChI is InChI=1S/C27H23Cl2N3O3/c1-35-24-9-8-18(15-23(24)29)22-17-21-6-2-3-10-32(21)25(22)26(33)27(34)31-13-11-30(12-14-31)20-7-4-5-19(28)16-20/h2-10,15-17H,11-14H2,1H3. The Balaban J connectivity index is 1.43. The van der Waals surface area contributed by atoms with E-state index in [2.05, 4.69) is 4.90 Å². The predicted molar refractivity (Wildman–Crippen MR) is 139 cm³/mol. The largest absolute Gasteiger partial charge is 0.495 e. The molecular formula is C27H23Cl2N3O3. The number of nitrogens with zero attached hydrogens (tertiary/aromatic N) is 3. The van der Waals surface area contributed by atoms with E-state index in [4.69, 9.17) is 27.9 Å². The van der Waals surface area contributed by atoms with Crippen LogP contribution in [0, 0.1) is 0 Å². The summed E-state index contributed by atoms with van der Waals surface area (Å²) in [7, 11) is 1.55. The molecule has 0 bridgehead atoms. The topological polar surface area (TPSA) is 54.3 Å². The van der Waals surface area contributed by atoms with Gasteiger partial charge in [-0.05, 0) is 54.1 Å². The number of ketones is 1. The van der Waals surface area contributed by atoms with Crippen LogP contribution in [-0.2, 0) is 4.79 Å². The van der Waals surface area contributed by atoms with Crippen LogP contribution in [0.3, 0.4) is 0 Å². The molecule has 0 aliphatic carbocycles. The Labute approximate surface area is 213 Å². The predicted octanol–water partition coefficient (Wildman–Crippen LogP) is 5.45. The number of halogens is 2. The lowest BCUT2D eigenvalue weighted by molar-refractivity contribution is -0.126. The van der Waals surface area contributed by atoms with Crippen LogP contribution in [0.25, 0.3) is 16.6 Å². The number of benzene rings is 2. The molecule has 2 aromatic heterocycles. The molecule has 35 heavy (non-hydrogen) atoms. The molecular weight excluding hydrogens is 485 g/mol. The Morgan fingerprint density at radius 2 is 1.69 bits per heavy atom. The molecule has 4 aromatic rings. The van der Waals surface area contributed by atoms with E-state index in [9.17, 15) is 9.59 Å². The van der Waals surface area contributed by atoms with Gasteiger partial charge in [0, 0.05) is 54.2 Å². The number of carbonyl (C=O) groups is 2. The summed E-state index contributed by atoms with van der Waals surface area (Å²) in [5.74, 6) is -0.518. The molecule has 1 amide bonds. The third-order valence-corrected chi connectivity index (χ3v) is 6.82. The number of aromatic nitrogens is 1. The molecule has 0 atom stereocenters. The minimum Gasteiger partial charge on any atom is -0.495 e. The first-order chi connectivity index (χ1) is 17.0. The molecule has 1 aliphatic heterocycles. The number of carbonyl (C=O) groups excluding carboxylic acids is 2. The van der Waals surface area contributed by atoms with E-state index in [0.717, 1.165) is 16.8 Å². The quantitative estimate of drug-likeness (QED) is 0.266. The number of rotatable bonds is 5. The summed E-state index contributed by atoms with van der Waals surface area (Å²) in [5.41, 5.74) is 3.53. The SMILES string of the molecule is COc1ccc(-c2cc3ccccn3c2C(=O)C(=O)N2CCN(c3cccc(Cl)c3)CC2)cc1Cl. The molecule has 1 aliphatic rings. The smallest absolute Gasteiger partial charge is 0.296 e. The maximum Gasteiger partial charge on any atom is 0.296 e. The highest BCUT2D eigenvalue weighted by molar-refractivity contribution is 6.43. The second kappa shape index (κ2) is 9.64. The zero-order chi connectivity index (χ0) is 24.5. The van der Waals surface area contributed by atoms with Crippen molar-refractivity contribution in [3.63, 3.8) is 0 Å². The van der Waals surface area contributed by atoms with E-state index < -0.39 is 11.7 Å². The lowest BCUT2D eigenvalue weighted by atomic mass is 10.0. The van der Waals surface area contributed by atoms with Crippen molar-refractivity contribution >= 4 is 46.1 Å². The molecule has 0 radical (unpaired) electrons. The summed E-state index contributed by atoms with van der Waals surface area (Å²) in [6, 6.07) is 20.5. The summed E-state index contributed by atoms with van der Waals surface area (Å²) in [4.78, 5) is 30.8. The first-order valence-corrected chi connectivity index (χ1v) is 12.0. The van der Waals surface area contributed by atoms with E-state index in [0.29, 0.717) is 53.2 Å². The van der Waals surface area contributed by atoms with Crippen LogP contribution in [0.2, 0.25) is 10.0 Å². The molecule has 1 fully saturated rings. The van der Waals surface area contributed by atoms with Crippen LogP contribution in [0.4, 0.5) is 5.69 Å². The van der Waals surface area contributed by atoms with Gasteiger partial charge < -0.3 is 18.9 Å². The van der Waals surface area contributed by atoms with Crippen LogP contribution >= 0.6 is 23.2 Å². The molecule has 3 heterocycles. The molecule has 8 heteroatoms. The minimum atomic E-state index is -0.547. The van der Waals surface area contributed by atoms with Gasteiger partial charge in [0.2, 0.25) is 0 Å². The van der Waals surface area contributed by atoms with Crippen molar-refractivity contribution in [3.8, 4) is 16.9 Å². The van der Waals surface area contributed by atoms with Crippen molar-refractivity contribution < 1.29 is 14.3 Å². The van der Waals surface area contributed by atoms with Crippen LogP contribution in [-0.4, -0.2) is 54.3 Å². The number of methoxy groups -OCH3 is 1. The highest BCUT2D eigenvalue weighted by Crippen LogP contribution is 2.34. The van der Waals surface area contributed by atoms with Crippen LogP contribution in [0.5, 0.6) is 5.75 Å². The van der Waals surface area contributed by atoms with E-state index in [1.54, 1.807) is 34.7 Å². The summed E-state index contributed by atoms with van der Waals surface area (Å²) in [6.07, 6.45) is 1.79. The third-order valence-electron chi connectivity index (χ3n) is 6.29. The Morgan fingerprint density at radius 1 is 0.886 bits per heavy atom. The van der Waals surface area contributed by atoms with Gasteiger partial charge in [-0.15, -0.1) is 0 Å². The van der Waals surface area contributed by atoms with Crippen molar-refractivity contribution in [2.75, 3.05) is 38.2 Å². The molecule has 0 N–H and O–H groups in total. The normalized spacial score (nSPS) is 13.8. The second-order valence-electron chi connectivity index (χ2n) is 8.34. The zero-order valence-electron chi connectivity index (χ0n) is 19.1. The van der Waals surface area contributed by atoms with E-state index >= 15 is 0 Å². The molecule has 6 nitrogen and oxygen atoms in total. The van der Waals surface area contributed by atoms with Gasteiger partial charge in [0.15, 0.2) is 0 Å². The lowest BCUT2D eigenvalue weighted by Crippen LogP contribution is -2.50. The molecule has 0 unspecified atom stereocenters. The lowest BCUT2D eigenvalue weighted by Gasteiger charge is -2.35. The minimum absolute atomic E-state index is 0.323. The third kappa shape index (κ3) is 4.47. The van der Waals surface area contributed by atoms with Gasteiger partial charge in [0.25, 0.3) is 11.7 Å². The summed E-state index contributed by atoms with van der Waals surface area (Å²) in [6.45, 7) is 2.14. The first-order valence-electron chi connectivity index (χ1n) is 11.2. The number of anilines is 1. The first kappa shape index (κ1) is 23.3. The molecule has 5 rings (SSSR count). The number of ether oxygens (including phenoxy) is 1. The second-order valence-corrected chi connectivity index (χ2v) is 9.18. The Morgan fingerprint density at radius 3 is 2.40 bits per heavy atom.